The van der Waals surface area contributed by atoms with E-state index in [2.05, 4.69) is 4.98 Å². The van der Waals surface area contributed by atoms with Crippen molar-refractivity contribution in [2.24, 2.45) is 29.6 Å². The normalized spacial score (nSPS) is 33.1. The minimum atomic E-state index is -1.02. The molecule has 2 saturated carbocycles. The van der Waals surface area contributed by atoms with Gasteiger partial charge in [0.25, 0.3) is 0 Å². The third-order valence-electron chi connectivity index (χ3n) is 7.93. The summed E-state index contributed by atoms with van der Waals surface area (Å²) in [6, 6.07) is 5.38. The van der Waals surface area contributed by atoms with Crippen molar-refractivity contribution < 1.29 is 29.3 Å². The lowest BCUT2D eigenvalue weighted by atomic mass is 9.68. The molecule has 8 nitrogen and oxygen atoms in total. The molecule has 3 fully saturated rings. The molecule has 1 saturated heterocycles. The van der Waals surface area contributed by atoms with Crippen LogP contribution in [0.2, 0.25) is 0 Å². The first kappa shape index (κ1) is 22.1. The molecule has 1 aromatic carbocycles. The number of thioether (sulfide) groups is 1. The van der Waals surface area contributed by atoms with Gasteiger partial charge in [0.05, 0.1) is 30.4 Å². The molecule has 0 spiro atoms. The molecule has 0 radical (unpaired) electrons. The molecule has 3 N–H and O–H groups in total. The summed E-state index contributed by atoms with van der Waals surface area (Å²) in [5.41, 5.74) is 0.986. The molecule has 2 amide bonds. The van der Waals surface area contributed by atoms with Gasteiger partial charge in [-0.1, -0.05) is 6.07 Å². The summed E-state index contributed by atoms with van der Waals surface area (Å²) in [5.74, 6) is -1.63. The van der Waals surface area contributed by atoms with E-state index in [9.17, 15) is 19.5 Å². The quantitative estimate of drug-likeness (QED) is 0.407. The zero-order valence-corrected chi connectivity index (χ0v) is 20.5. The van der Waals surface area contributed by atoms with E-state index in [1.807, 2.05) is 12.1 Å². The Kier molecular flexibility index (Phi) is 5.09. The van der Waals surface area contributed by atoms with E-state index in [0.29, 0.717) is 9.70 Å². The average Bonchev–Trinajstić information content (AvgIpc) is 3.52. The number of methoxy groups -OCH3 is 1. The number of carbonyl (C=O) groups is 3. The highest BCUT2D eigenvalue weighted by molar-refractivity contribution is 8.00. The van der Waals surface area contributed by atoms with Gasteiger partial charge in [0.15, 0.2) is 15.5 Å². The molecular formula is C23H22N2O6S3. The van der Waals surface area contributed by atoms with Gasteiger partial charge in [0.1, 0.15) is 0 Å². The number of aliphatic carboxylic acids is 1. The summed E-state index contributed by atoms with van der Waals surface area (Å²) in [5, 5.41) is 20.4. The number of H-pyrrole nitrogens is 1. The molecule has 1 aromatic heterocycles. The number of benzene rings is 1. The van der Waals surface area contributed by atoms with Gasteiger partial charge in [-0.15, -0.1) is 23.1 Å². The van der Waals surface area contributed by atoms with Crippen LogP contribution in [0.4, 0.5) is 0 Å². The number of aromatic hydroxyl groups is 1. The van der Waals surface area contributed by atoms with Gasteiger partial charge in [-0.25, -0.2) is 0 Å². The molecule has 2 aliphatic carbocycles. The van der Waals surface area contributed by atoms with Crippen LogP contribution < -0.4 is 4.74 Å². The molecule has 2 aliphatic heterocycles. The fourth-order valence-electron chi connectivity index (χ4n) is 6.77. The van der Waals surface area contributed by atoms with E-state index in [-0.39, 0.29) is 65.4 Å². The van der Waals surface area contributed by atoms with E-state index in [0.717, 1.165) is 21.9 Å². The van der Waals surface area contributed by atoms with Crippen LogP contribution in [0.5, 0.6) is 11.5 Å². The maximum absolute atomic E-state index is 13.3. The lowest BCUT2D eigenvalue weighted by molar-refractivity contribution is -0.142. The molecule has 6 rings (SSSR count). The van der Waals surface area contributed by atoms with E-state index in [1.54, 1.807) is 17.8 Å². The molecule has 2 aromatic rings. The van der Waals surface area contributed by atoms with Crippen LogP contribution in [0.25, 0.3) is 0 Å². The van der Waals surface area contributed by atoms with Gasteiger partial charge < -0.3 is 19.9 Å². The average molecular weight is 519 g/mol. The summed E-state index contributed by atoms with van der Waals surface area (Å²) in [7, 11) is 1.51. The van der Waals surface area contributed by atoms with Crippen LogP contribution in [0, 0.1) is 33.5 Å². The smallest absolute Gasteiger partial charge is 0.305 e. The molecule has 178 valence electrons. The predicted molar refractivity (Wildman–Crippen MR) is 127 cm³/mol. The van der Waals surface area contributed by atoms with Gasteiger partial charge in [-0.3, -0.25) is 19.3 Å². The number of carboxylic acid groups (broad SMARTS) is 1. The Labute approximate surface area is 208 Å². The summed E-state index contributed by atoms with van der Waals surface area (Å²) in [6.07, 6.45) is 0.570. The van der Waals surface area contributed by atoms with Crippen molar-refractivity contribution >= 4 is 53.1 Å². The van der Waals surface area contributed by atoms with Crippen molar-refractivity contribution in [3.05, 3.63) is 32.6 Å². The number of carbonyl (C=O) groups excluding carboxylic acids is 2. The number of aromatic amines is 1. The number of aromatic nitrogens is 1. The summed E-state index contributed by atoms with van der Waals surface area (Å²) in [6.45, 7) is -0.0685. The first-order chi connectivity index (χ1) is 16.3. The first-order valence-corrected chi connectivity index (χ1v) is 13.2. The van der Waals surface area contributed by atoms with Crippen LogP contribution in [0.1, 0.15) is 29.2 Å². The number of thiazole rings is 1. The number of carboxylic acids is 1. The van der Waals surface area contributed by atoms with Crippen LogP contribution in [-0.2, 0) is 14.4 Å². The number of amides is 2. The van der Waals surface area contributed by atoms with Crippen LogP contribution in [0.3, 0.4) is 0 Å². The minimum absolute atomic E-state index is 0.0207. The molecule has 2 bridgehead atoms. The van der Waals surface area contributed by atoms with E-state index < -0.39 is 11.9 Å². The molecule has 7 unspecified atom stereocenters. The van der Waals surface area contributed by atoms with Crippen molar-refractivity contribution in [3.63, 3.8) is 0 Å². The number of phenolic OH excluding ortho intramolecular Hbond substituents is 1. The second kappa shape index (κ2) is 7.82. The Morgan fingerprint density at radius 3 is 2.71 bits per heavy atom. The largest absolute Gasteiger partial charge is 0.504 e. The Morgan fingerprint density at radius 1 is 1.26 bits per heavy atom. The van der Waals surface area contributed by atoms with E-state index in [4.69, 9.17) is 22.1 Å². The Balaban J connectivity index is 1.42. The minimum Gasteiger partial charge on any atom is -0.504 e. The highest BCUT2D eigenvalue weighted by Crippen LogP contribution is 2.68. The van der Waals surface area contributed by atoms with E-state index in [1.165, 1.54) is 23.3 Å². The second-order valence-electron chi connectivity index (χ2n) is 9.36. The number of nitrogens with zero attached hydrogens (tertiary/aromatic N) is 1. The zero-order valence-electron chi connectivity index (χ0n) is 18.1. The lowest BCUT2D eigenvalue weighted by Crippen LogP contribution is -2.42. The Bertz CT molecular complexity index is 1290. The summed E-state index contributed by atoms with van der Waals surface area (Å²) < 4.78 is 6.06. The molecule has 7 atom stereocenters. The molecule has 34 heavy (non-hydrogen) atoms. The van der Waals surface area contributed by atoms with Crippen LogP contribution in [-0.4, -0.2) is 56.8 Å². The predicted octanol–water partition coefficient (Wildman–Crippen LogP) is 3.47. The Morgan fingerprint density at radius 2 is 2.00 bits per heavy atom. The number of imide groups is 1. The number of likely N-dealkylation sites (tertiary alicyclic amines) is 1. The maximum Gasteiger partial charge on any atom is 0.305 e. The summed E-state index contributed by atoms with van der Waals surface area (Å²) in [4.78, 5) is 43.3. The van der Waals surface area contributed by atoms with Gasteiger partial charge in [-0.2, -0.15) is 0 Å². The topological polar surface area (TPSA) is 120 Å². The van der Waals surface area contributed by atoms with Gasteiger partial charge in [0, 0.05) is 22.6 Å². The second-order valence-corrected chi connectivity index (χ2v) is 12.3. The molecule has 4 aliphatic rings. The number of hydrogen-bond acceptors (Lipinski definition) is 8. The number of phenols is 1. The number of fused-ring (bicyclic) bond motifs is 9. The highest BCUT2D eigenvalue weighted by atomic mass is 32.2. The summed E-state index contributed by atoms with van der Waals surface area (Å²) >= 11 is 8.72. The van der Waals surface area contributed by atoms with Crippen LogP contribution >= 0.6 is 35.3 Å². The number of rotatable bonds is 5. The standard InChI is InChI=1S/C23H22N2O6S3/c1-31-12-6-8(2-3-11(12)26)14-15-9-7-10(18(15)33-20-19(14)34-23(32)24-20)17-16(9)21(29)25(22(17)30)5-4-13(27)28/h2-3,6,9-10,14-18,26H,4-5,7H2,1H3,(H,24,32)(H,27,28). The first-order valence-electron chi connectivity index (χ1n) is 11.1. The molecule has 3 heterocycles. The SMILES string of the molecule is COc1cc(C2c3sc(=S)[nH]c3SC3C4CC(C5C(=O)N(CCC(=O)O)C(=O)C45)C23)ccc1O. The van der Waals surface area contributed by atoms with Crippen molar-refractivity contribution in [2.45, 2.75) is 29.0 Å². The zero-order chi connectivity index (χ0) is 23.9. The van der Waals surface area contributed by atoms with Crippen LogP contribution in [0.15, 0.2) is 23.2 Å². The van der Waals surface area contributed by atoms with Crippen molar-refractivity contribution in [2.75, 3.05) is 13.7 Å². The van der Waals surface area contributed by atoms with Gasteiger partial charge in [-0.05, 0) is 54.1 Å². The fourth-order valence-corrected chi connectivity index (χ4v) is 10.1. The lowest BCUT2D eigenvalue weighted by Gasteiger charge is -2.43. The monoisotopic (exact) mass is 518 g/mol. The number of nitrogens with one attached hydrogen (secondary N) is 1. The van der Waals surface area contributed by atoms with Crippen molar-refractivity contribution in [1.29, 1.82) is 0 Å². The molecular weight excluding hydrogens is 496 g/mol. The van der Waals surface area contributed by atoms with Gasteiger partial charge >= 0.3 is 5.97 Å². The van der Waals surface area contributed by atoms with Gasteiger partial charge in [0.2, 0.25) is 11.8 Å². The highest BCUT2D eigenvalue weighted by Gasteiger charge is 2.69. The number of ether oxygens (including phenoxy) is 1. The van der Waals surface area contributed by atoms with E-state index >= 15 is 0 Å². The third kappa shape index (κ3) is 3.02. The maximum atomic E-state index is 13.3. The van der Waals surface area contributed by atoms with Crippen molar-refractivity contribution in [3.8, 4) is 11.5 Å². The Hall–Kier alpha value is -2.37. The fraction of sp³-hybridized carbons (Fsp3) is 0.478. The molecule has 11 heteroatoms. The van der Waals surface area contributed by atoms with Crippen molar-refractivity contribution in [1.82, 2.24) is 9.88 Å². The third-order valence-corrected chi connectivity index (χ3v) is 10.9. The number of hydrogen-bond donors (Lipinski definition) is 3.